The van der Waals surface area contributed by atoms with Crippen LogP contribution in [0.1, 0.15) is 58.8 Å². The van der Waals surface area contributed by atoms with Gasteiger partial charge in [-0.1, -0.05) is 33.1 Å². The van der Waals surface area contributed by atoms with Crippen LogP contribution in [0.3, 0.4) is 0 Å². The lowest BCUT2D eigenvalue weighted by molar-refractivity contribution is -0.142. The van der Waals surface area contributed by atoms with Gasteiger partial charge in [-0.05, 0) is 55.9 Å². The van der Waals surface area contributed by atoms with E-state index in [-0.39, 0.29) is 5.92 Å². The number of benzene rings is 1. The van der Waals surface area contributed by atoms with Crippen molar-refractivity contribution < 1.29 is 14.3 Å². The Morgan fingerprint density at radius 1 is 1.00 bits per heavy atom. The molecule has 5 nitrogen and oxygen atoms in total. The predicted octanol–water partition coefficient (Wildman–Crippen LogP) is 5.27. The predicted molar refractivity (Wildman–Crippen MR) is 106 cm³/mol. The molecule has 4 atom stereocenters. The van der Waals surface area contributed by atoms with Crippen LogP contribution in [0, 0.1) is 46.3 Å². The van der Waals surface area contributed by atoms with Crippen LogP contribution in [0.5, 0.6) is 11.5 Å². The van der Waals surface area contributed by atoms with E-state index in [0.29, 0.717) is 18.8 Å². The summed E-state index contributed by atoms with van der Waals surface area (Å²) in [5.74, 6) is -0.611. The molecule has 4 unspecified atom stereocenters. The first kappa shape index (κ1) is 21.8. The Morgan fingerprint density at radius 3 is 2.29 bits per heavy atom. The highest BCUT2D eigenvalue weighted by atomic mass is 16.5. The molecule has 5 heteroatoms. The maximum absolute atomic E-state index is 12.7. The third-order valence-electron chi connectivity index (χ3n) is 5.50. The Kier molecular flexibility index (Phi) is 8.82. The molecule has 0 spiro atoms. The molecule has 0 heterocycles. The average molecular weight is 383 g/mol. The summed E-state index contributed by atoms with van der Waals surface area (Å²) in [6.45, 7) is 4.90. The Hall–Kier alpha value is -2.53. The fourth-order valence-electron chi connectivity index (χ4n) is 3.95. The molecule has 1 aliphatic carbocycles. The molecule has 0 bridgehead atoms. The molecular weight excluding hydrogens is 352 g/mol. The lowest BCUT2D eigenvalue weighted by atomic mass is 9.66. The van der Waals surface area contributed by atoms with Gasteiger partial charge >= 0.3 is 5.97 Å². The van der Waals surface area contributed by atoms with E-state index in [0.717, 1.165) is 44.3 Å². The summed E-state index contributed by atoms with van der Waals surface area (Å²) in [4.78, 5) is 12.7. The molecule has 0 radical (unpaired) electrons. The van der Waals surface area contributed by atoms with Crippen LogP contribution in [0.2, 0.25) is 0 Å². The van der Waals surface area contributed by atoms with E-state index in [1.807, 2.05) is 0 Å². The summed E-state index contributed by atoms with van der Waals surface area (Å²) < 4.78 is 11.2. The highest BCUT2D eigenvalue weighted by Gasteiger charge is 2.43. The molecule has 1 saturated carbocycles. The van der Waals surface area contributed by atoms with Crippen LogP contribution in [-0.2, 0) is 4.79 Å². The van der Waals surface area contributed by atoms with Gasteiger partial charge in [0, 0.05) is 0 Å². The molecule has 0 saturated heterocycles. The minimum atomic E-state index is -0.607. The lowest BCUT2D eigenvalue weighted by Gasteiger charge is -2.35. The number of hydrogen-bond donors (Lipinski definition) is 0. The minimum Gasteiger partial charge on any atom is -0.494 e. The second kappa shape index (κ2) is 11.3. The molecule has 2 rings (SSSR count). The molecule has 0 N–H and O–H groups in total. The van der Waals surface area contributed by atoms with Gasteiger partial charge in [-0.3, -0.25) is 4.79 Å². The van der Waals surface area contributed by atoms with Gasteiger partial charge in [-0.15, -0.1) is 0 Å². The Morgan fingerprint density at radius 2 is 1.68 bits per heavy atom. The normalized spacial score (nSPS) is 24.0. The van der Waals surface area contributed by atoms with Crippen LogP contribution in [0.25, 0.3) is 0 Å². The summed E-state index contributed by atoms with van der Waals surface area (Å²) in [6, 6.07) is 11.5. The maximum Gasteiger partial charge on any atom is 0.315 e. The summed E-state index contributed by atoms with van der Waals surface area (Å²) in [7, 11) is 0. The van der Waals surface area contributed by atoms with Gasteiger partial charge in [-0.25, -0.2) is 0 Å². The third kappa shape index (κ3) is 5.73. The molecule has 0 aliphatic heterocycles. The monoisotopic (exact) mass is 382 g/mol. The Bertz CT molecular complexity index is 702. The second-order valence-corrected chi connectivity index (χ2v) is 7.49. The second-order valence-electron chi connectivity index (χ2n) is 7.49. The number of carbonyl (C=O) groups excluding carboxylic acids is 1. The number of hydrogen-bond acceptors (Lipinski definition) is 5. The maximum atomic E-state index is 12.7. The molecule has 28 heavy (non-hydrogen) atoms. The molecular formula is C23H30N2O3. The molecule has 1 aromatic carbocycles. The zero-order valence-electron chi connectivity index (χ0n) is 16.9. The van der Waals surface area contributed by atoms with Crippen LogP contribution < -0.4 is 9.47 Å². The Labute approximate surface area is 168 Å². The van der Waals surface area contributed by atoms with Gasteiger partial charge in [0.05, 0.1) is 36.5 Å². The summed E-state index contributed by atoms with van der Waals surface area (Å²) >= 11 is 0. The average Bonchev–Trinajstić information content (AvgIpc) is 2.72. The van der Waals surface area contributed by atoms with Crippen molar-refractivity contribution in [1.82, 2.24) is 0 Å². The van der Waals surface area contributed by atoms with E-state index in [9.17, 15) is 15.3 Å². The molecule has 1 aromatic rings. The van der Waals surface area contributed by atoms with Gasteiger partial charge in [0.1, 0.15) is 11.5 Å². The summed E-state index contributed by atoms with van der Waals surface area (Å²) in [6.07, 6.45) is 6.58. The van der Waals surface area contributed by atoms with E-state index in [1.165, 1.54) is 0 Å². The smallest absolute Gasteiger partial charge is 0.315 e. The van der Waals surface area contributed by atoms with Gasteiger partial charge in [-0.2, -0.15) is 10.5 Å². The zero-order chi connectivity index (χ0) is 20.4. The summed E-state index contributed by atoms with van der Waals surface area (Å²) in [5, 5.41) is 19.1. The molecule has 150 valence electrons. The molecule has 1 fully saturated rings. The van der Waals surface area contributed by atoms with Crippen molar-refractivity contribution in [1.29, 1.82) is 10.5 Å². The number of unbranched alkanes of at least 4 members (excludes halogenated alkanes) is 2. The van der Waals surface area contributed by atoms with Crippen molar-refractivity contribution in [3.63, 3.8) is 0 Å². The lowest BCUT2D eigenvalue weighted by Crippen LogP contribution is -2.39. The van der Waals surface area contributed by atoms with E-state index in [1.54, 1.807) is 24.3 Å². The van der Waals surface area contributed by atoms with E-state index >= 15 is 0 Å². The number of nitrogens with zero attached hydrogens (tertiary/aromatic N) is 2. The Balaban J connectivity index is 1.96. The van der Waals surface area contributed by atoms with E-state index in [2.05, 4.69) is 26.0 Å². The number of nitriles is 2. The first-order valence-corrected chi connectivity index (χ1v) is 10.4. The quantitative estimate of drug-likeness (QED) is 0.330. The highest BCUT2D eigenvalue weighted by Crippen LogP contribution is 2.41. The number of esters is 1. The largest absolute Gasteiger partial charge is 0.494 e. The van der Waals surface area contributed by atoms with E-state index in [4.69, 9.17) is 9.47 Å². The SMILES string of the molecule is CCCCCOc1ccc(OC(=O)C2CCC(CCC)C(C#N)C2C#N)cc1. The van der Waals surface area contributed by atoms with Crippen molar-refractivity contribution in [3.8, 4) is 23.6 Å². The van der Waals surface area contributed by atoms with Crippen molar-refractivity contribution in [2.45, 2.75) is 58.8 Å². The van der Waals surface area contributed by atoms with Gasteiger partial charge in [0.2, 0.25) is 0 Å². The number of carbonyl (C=O) groups is 1. The van der Waals surface area contributed by atoms with Crippen molar-refractivity contribution in [3.05, 3.63) is 24.3 Å². The molecule has 1 aliphatic rings. The summed E-state index contributed by atoms with van der Waals surface area (Å²) in [5.41, 5.74) is 0. The first-order chi connectivity index (χ1) is 13.6. The van der Waals surface area contributed by atoms with Crippen LogP contribution in [0.15, 0.2) is 24.3 Å². The zero-order valence-corrected chi connectivity index (χ0v) is 16.9. The van der Waals surface area contributed by atoms with Gasteiger partial charge < -0.3 is 9.47 Å². The third-order valence-corrected chi connectivity index (χ3v) is 5.50. The topological polar surface area (TPSA) is 83.1 Å². The number of rotatable bonds is 9. The molecule has 0 amide bonds. The number of ether oxygens (including phenoxy) is 2. The minimum absolute atomic E-state index is 0.188. The fourth-order valence-corrected chi connectivity index (χ4v) is 3.95. The fraction of sp³-hybridized carbons (Fsp3) is 0.609. The van der Waals surface area contributed by atoms with Crippen molar-refractivity contribution >= 4 is 5.97 Å². The standard InChI is InChI=1S/C23H30N2O3/c1-3-5-6-14-27-18-9-11-19(12-10-18)28-23(26)20-13-8-17(7-4-2)21(15-24)22(20)16-25/h9-12,17,20-22H,3-8,13-14H2,1-2H3. The van der Waals surface area contributed by atoms with Gasteiger partial charge in [0.25, 0.3) is 0 Å². The van der Waals surface area contributed by atoms with Crippen LogP contribution >= 0.6 is 0 Å². The van der Waals surface area contributed by atoms with E-state index < -0.39 is 23.7 Å². The molecule has 0 aromatic heterocycles. The highest BCUT2D eigenvalue weighted by molar-refractivity contribution is 5.76. The van der Waals surface area contributed by atoms with Gasteiger partial charge in [0.15, 0.2) is 0 Å². The van der Waals surface area contributed by atoms with Crippen molar-refractivity contribution in [2.75, 3.05) is 6.61 Å². The van der Waals surface area contributed by atoms with Crippen LogP contribution in [0.4, 0.5) is 0 Å². The van der Waals surface area contributed by atoms with Crippen LogP contribution in [-0.4, -0.2) is 12.6 Å². The first-order valence-electron chi connectivity index (χ1n) is 10.4. The van der Waals surface area contributed by atoms with Crippen molar-refractivity contribution in [2.24, 2.45) is 23.7 Å².